The Kier molecular flexibility index (Phi) is 4.24. The van der Waals surface area contributed by atoms with Crippen molar-refractivity contribution in [3.8, 4) is 0 Å². The van der Waals surface area contributed by atoms with E-state index in [0.29, 0.717) is 12.6 Å². The number of hydrogen-bond donors (Lipinski definition) is 2. The van der Waals surface area contributed by atoms with Crippen molar-refractivity contribution in [1.29, 1.82) is 0 Å². The van der Waals surface area contributed by atoms with Crippen LogP contribution in [0.1, 0.15) is 41.0 Å². The summed E-state index contributed by atoms with van der Waals surface area (Å²) in [5.41, 5.74) is 2.33. The number of fused-ring (bicyclic) bond motifs is 1. The molecule has 1 aliphatic carbocycles. The third-order valence-corrected chi connectivity index (χ3v) is 5.61. The van der Waals surface area contributed by atoms with Gasteiger partial charge in [0.2, 0.25) is 0 Å². The summed E-state index contributed by atoms with van der Waals surface area (Å²) in [5.74, 6) is 0. The molecular weight excluding hydrogens is 298 g/mol. The number of aliphatic hydroxyl groups is 1. The predicted octanol–water partition coefficient (Wildman–Crippen LogP) is 4.16. The van der Waals surface area contributed by atoms with Gasteiger partial charge in [0.25, 0.3) is 0 Å². The number of halogens is 1. The van der Waals surface area contributed by atoms with Gasteiger partial charge in [-0.2, -0.15) is 11.3 Å². The molecule has 2 aromatic heterocycles. The maximum atomic E-state index is 10.1. The summed E-state index contributed by atoms with van der Waals surface area (Å²) in [6.45, 7) is 0.592. The van der Waals surface area contributed by atoms with E-state index in [1.54, 1.807) is 22.7 Å². The molecule has 0 amide bonds. The predicted molar refractivity (Wildman–Crippen MR) is 82.3 cm³/mol. The third-order valence-electron chi connectivity index (χ3n) is 3.57. The van der Waals surface area contributed by atoms with E-state index in [2.05, 4.69) is 11.4 Å². The van der Waals surface area contributed by atoms with Crippen LogP contribution in [-0.2, 0) is 6.42 Å². The normalized spacial score (nSPS) is 20.2. The molecule has 5 heteroatoms. The van der Waals surface area contributed by atoms with Crippen LogP contribution in [-0.4, -0.2) is 11.7 Å². The highest BCUT2D eigenvalue weighted by Crippen LogP contribution is 2.37. The van der Waals surface area contributed by atoms with Gasteiger partial charge in [-0.1, -0.05) is 11.6 Å². The summed E-state index contributed by atoms with van der Waals surface area (Å²) in [7, 11) is 0. The average molecular weight is 314 g/mol. The standard InChI is InChI=1S/C14H16ClNOS2/c15-14-6-10-11(2-1-3-13(10)19-14)16-7-12(17)9-4-5-18-8-9/h4-6,8,11-12,16-17H,1-3,7H2. The summed E-state index contributed by atoms with van der Waals surface area (Å²) in [4.78, 5) is 1.40. The quantitative estimate of drug-likeness (QED) is 0.888. The van der Waals surface area contributed by atoms with Gasteiger partial charge in [-0.15, -0.1) is 11.3 Å². The Morgan fingerprint density at radius 3 is 3.21 bits per heavy atom. The first kappa shape index (κ1) is 13.6. The van der Waals surface area contributed by atoms with Gasteiger partial charge < -0.3 is 10.4 Å². The Balaban J connectivity index is 1.65. The zero-order chi connectivity index (χ0) is 13.2. The molecule has 0 aromatic carbocycles. The SMILES string of the molecule is OC(CNC1CCCc2sc(Cl)cc21)c1ccsc1. The highest BCUT2D eigenvalue weighted by Gasteiger charge is 2.23. The number of hydrogen-bond acceptors (Lipinski definition) is 4. The highest BCUT2D eigenvalue weighted by molar-refractivity contribution is 7.16. The summed E-state index contributed by atoms with van der Waals surface area (Å²) >= 11 is 9.41. The first-order chi connectivity index (χ1) is 9.24. The van der Waals surface area contributed by atoms with Crippen molar-refractivity contribution in [3.63, 3.8) is 0 Å². The Bertz CT molecular complexity index is 538. The topological polar surface area (TPSA) is 32.3 Å². The van der Waals surface area contributed by atoms with Crippen LogP contribution in [0.15, 0.2) is 22.9 Å². The molecule has 0 saturated heterocycles. The fourth-order valence-corrected chi connectivity index (χ4v) is 4.66. The van der Waals surface area contributed by atoms with Gasteiger partial charge >= 0.3 is 0 Å². The van der Waals surface area contributed by atoms with E-state index < -0.39 is 6.10 Å². The van der Waals surface area contributed by atoms with E-state index in [1.165, 1.54) is 16.9 Å². The van der Waals surface area contributed by atoms with Gasteiger partial charge in [0.15, 0.2) is 0 Å². The van der Waals surface area contributed by atoms with Crippen LogP contribution in [0.2, 0.25) is 4.34 Å². The summed E-state index contributed by atoms with van der Waals surface area (Å²) < 4.78 is 0.872. The minimum absolute atomic E-state index is 0.334. The second-order valence-electron chi connectivity index (χ2n) is 4.85. The molecule has 19 heavy (non-hydrogen) atoms. The minimum Gasteiger partial charge on any atom is -0.387 e. The number of nitrogens with one attached hydrogen (secondary N) is 1. The highest BCUT2D eigenvalue weighted by atomic mass is 35.5. The molecule has 2 unspecified atom stereocenters. The van der Waals surface area contributed by atoms with Crippen LogP contribution in [0.3, 0.4) is 0 Å². The second-order valence-corrected chi connectivity index (χ2v) is 7.40. The van der Waals surface area contributed by atoms with Crippen molar-refractivity contribution in [3.05, 3.63) is 43.2 Å². The van der Waals surface area contributed by atoms with Gasteiger partial charge in [0.05, 0.1) is 10.4 Å². The maximum Gasteiger partial charge on any atom is 0.0934 e. The monoisotopic (exact) mass is 313 g/mol. The van der Waals surface area contributed by atoms with Crippen LogP contribution >= 0.6 is 34.3 Å². The Morgan fingerprint density at radius 1 is 1.53 bits per heavy atom. The maximum absolute atomic E-state index is 10.1. The second kappa shape index (κ2) is 5.94. The molecule has 1 aliphatic rings. The molecule has 0 bridgehead atoms. The van der Waals surface area contributed by atoms with Crippen LogP contribution in [0.4, 0.5) is 0 Å². The number of thiophene rings is 2. The number of rotatable bonds is 4. The smallest absolute Gasteiger partial charge is 0.0934 e. The zero-order valence-corrected chi connectivity index (χ0v) is 12.8. The van der Waals surface area contributed by atoms with Crippen LogP contribution in [0.5, 0.6) is 0 Å². The van der Waals surface area contributed by atoms with Crippen molar-refractivity contribution < 1.29 is 5.11 Å². The summed E-state index contributed by atoms with van der Waals surface area (Å²) in [5, 5.41) is 17.6. The van der Waals surface area contributed by atoms with Gasteiger partial charge in [-0.05, 0) is 53.3 Å². The van der Waals surface area contributed by atoms with Gasteiger partial charge in [-0.25, -0.2) is 0 Å². The lowest BCUT2D eigenvalue weighted by Crippen LogP contribution is -2.28. The van der Waals surface area contributed by atoms with Crippen molar-refractivity contribution in [2.45, 2.75) is 31.4 Å². The van der Waals surface area contributed by atoms with E-state index in [-0.39, 0.29) is 0 Å². The number of aryl methyl sites for hydroxylation is 1. The van der Waals surface area contributed by atoms with Crippen LogP contribution in [0.25, 0.3) is 0 Å². The fourth-order valence-electron chi connectivity index (χ4n) is 2.57. The Morgan fingerprint density at radius 2 is 2.42 bits per heavy atom. The Hall–Kier alpha value is -0.390. The molecule has 2 aromatic rings. The molecule has 2 heterocycles. The van der Waals surface area contributed by atoms with E-state index in [4.69, 9.17) is 11.6 Å². The van der Waals surface area contributed by atoms with Gasteiger partial charge in [0.1, 0.15) is 0 Å². The van der Waals surface area contributed by atoms with Crippen LogP contribution < -0.4 is 5.32 Å². The summed E-state index contributed by atoms with van der Waals surface area (Å²) in [6, 6.07) is 4.39. The third kappa shape index (κ3) is 3.03. The largest absolute Gasteiger partial charge is 0.387 e. The van der Waals surface area contributed by atoms with Crippen molar-refractivity contribution in [2.75, 3.05) is 6.54 Å². The lowest BCUT2D eigenvalue weighted by molar-refractivity contribution is 0.168. The van der Waals surface area contributed by atoms with E-state index in [1.807, 2.05) is 16.8 Å². The molecule has 3 rings (SSSR count). The molecule has 2 N–H and O–H groups in total. The van der Waals surface area contributed by atoms with Crippen molar-refractivity contribution in [1.82, 2.24) is 5.32 Å². The molecule has 0 spiro atoms. The molecule has 2 nitrogen and oxygen atoms in total. The van der Waals surface area contributed by atoms with Gasteiger partial charge in [0, 0.05) is 17.5 Å². The lowest BCUT2D eigenvalue weighted by atomic mass is 9.94. The first-order valence-electron chi connectivity index (χ1n) is 6.45. The van der Waals surface area contributed by atoms with Crippen LogP contribution in [0, 0.1) is 0 Å². The van der Waals surface area contributed by atoms with Crippen molar-refractivity contribution in [2.24, 2.45) is 0 Å². The zero-order valence-electron chi connectivity index (χ0n) is 10.4. The molecule has 2 atom stereocenters. The molecular formula is C14H16ClNOS2. The fraction of sp³-hybridized carbons (Fsp3) is 0.429. The molecule has 0 aliphatic heterocycles. The summed E-state index contributed by atoms with van der Waals surface area (Å²) in [6.07, 6.45) is 3.02. The average Bonchev–Trinajstić information content (AvgIpc) is 3.03. The molecule has 0 radical (unpaired) electrons. The molecule has 0 fully saturated rings. The lowest BCUT2D eigenvalue weighted by Gasteiger charge is -2.24. The first-order valence-corrected chi connectivity index (χ1v) is 8.59. The van der Waals surface area contributed by atoms with E-state index in [9.17, 15) is 5.11 Å². The van der Waals surface area contributed by atoms with Crippen molar-refractivity contribution >= 4 is 34.3 Å². The van der Waals surface area contributed by atoms with E-state index in [0.717, 1.165) is 22.7 Å². The van der Waals surface area contributed by atoms with Gasteiger partial charge in [-0.3, -0.25) is 0 Å². The van der Waals surface area contributed by atoms with E-state index >= 15 is 0 Å². The number of aliphatic hydroxyl groups excluding tert-OH is 1. The minimum atomic E-state index is -0.425. The molecule has 102 valence electrons. The molecule has 0 saturated carbocycles. The Labute approximate surface area is 126 Å².